The van der Waals surface area contributed by atoms with Crippen LogP contribution in [0.25, 0.3) is 0 Å². The summed E-state index contributed by atoms with van der Waals surface area (Å²) in [5.41, 5.74) is 0.592. The zero-order valence-corrected chi connectivity index (χ0v) is 13.4. The zero-order chi connectivity index (χ0) is 14.6. The summed E-state index contributed by atoms with van der Waals surface area (Å²) in [5.74, 6) is 1.96. The van der Waals surface area contributed by atoms with Gasteiger partial charge in [-0.25, -0.2) is 0 Å². The molecule has 2 N–H and O–H groups in total. The molecule has 0 aliphatic heterocycles. The highest BCUT2D eigenvalue weighted by Crippen LogP contribution is 2.41. The molecule has 1 saturated carbocycles. The molecule has 1 aliphatic carbocycles. The standard InChI is InChI=1S/C16H25NO2S/c1-4-20-15-9-10-16(15,18)11-17-12(2)13-7-5-6-8-14(13)19-3/h5-8,12,15,17-18H,4,9-11H2,1-3H3/t12-,15-,16+/m1/s1. The number of aliphatic hydroxyl groups is 1. The van der Waals surface area contributed by atoms with Gasteiger partial charge < -0.3 is 15.2 Å². The van der Waals surface area contributed by atoms with Crippen molar-refractivity contribution in [2.75, 3.05) is 19.4 Å². The molecule has 0 saturated heterocycles. The van der Waals surface area contributed by atoms with Gasteiger partial charge in [0.25, 0.3) is 0 Å². The number of ether oxygens (including phenoxy) is 1. The fraction of sp³-hybridized carbons (Fsp3) is 0.625. The van der Waals surface area contributed by atoms with Crippen LogP contribution in [0.1, 0.15) is 38.3 Å². The lowest BCUT2D eigenvalue weighted by Crippen LogP contribution is -2.56. The van der Waals surface area contributed by atoms with Gasteiger partial charge >= 0.3 is 0 Å². The topological polar surface area (TPSA) is 41.5 Å². The molecule has 0 unspecified atom stereocenters. The predicted octanol–water partition coefficient (Wildman–Crippen LogP) is 2.99. The second-order valence-electron chi connectivity index (χ2n) is 5.43. The van der Waals surface area contributed by atoms with Crippen molar-refractivity contribution in [1.82, 2.24) is 5.32 Å². The fourth-order valence-electron chi connectivity index (χ4n) is 2.70. The van der Waals surface area contributed by atoms with Crippen LogP contribution in [0, 0.1) is 0 Å². The molecule has 3 atom stereocenters. The van der Waals surface area contributed by atoms with Crippen LogP contribution in [0.4, 0.5) is 0 Å². The molecule has 1 aliphatic rings. The minimum absolute atomic E-state index is 0.169. The lowest BCUT2D eigenvalue weighted by Gasteiger charge is -2.45. The van der Waals surface area contributed by atoms with E-state index in [2.05, 4.69) is 25.2 Å². The van der Waals surface area contributed by atoms with Crippen molar-refractivity contribution in [3.63, 3.8) is 0 Å². The summed E-state index contributed by atoms with van der Waals surface area (Å²) in [6, 6.07) is 8.20. The van der Waals surface area contributed by atoms with E-state index < -0.39 is 5.60 Å². The summed E-state index contributed by atoms with van der Waals surface area (Å²) in [7, 11) is 1.69. The average molecular weight is 295 g/mol. The first kappa shape index (κ1) is 15.7. The van der Waals surface area contributed by atoms with E-state index in [0.717, 1.165) is 29.9 Å². The Bertz CT molecular complexity index is 440. The number of hydrogen-bond donors (Lipinski definition) is 2. The molecule has 0 aromatic heterocycles. The Balaban J connectivity index is 1.93. The SMILES string of the molecule is CCS[C@@H]1CC[C@]1(O)CN[C@H](C)c1ccccc1OC. The number of thioether (sulfide) groups is 1. The molecule has 1 fully saturated rings. The number of benzene rings is 1. The Kier molecular flexibility index (Phi) is 5.35. The molecular formula is C16H25NO2S. The third-order valence-electron chi connectivity index (χ3n) is 4.13. The van der Waals surface area contributed by atoms with Crippen molar-refractivity contribution in [3.8, 4) is 5.75 Å². The zero-order valence-electron chi connectivity index (χ0n) is 12.6. The molecule has 3 nitrogen and oxygen atoms in total. The Hall–Kier alpha value is -0.710. The summed E-state index contributed by atoms with van der Waals surface area (Å²) < 4.78 is 5.39. The molecular weight excluding hydrogens is 270 g/mol. The first-order valence-electron chi connectivity index (χ1n) is 7.31. The average Bonchev–Trinajstić information content (AvgIpc) is 2.48. The van der Waals surface area contributed by atoms with Crippen LogP contribution < -0.4 is 10.1 Å². The minimum atomic E-state index is -0.545. The highest BCUT2D eigenvalue weighted by atomic mass is 32.2. The molecule has 4 heteroatoms. The van der Waals surface area contributed by atoms with Crippen LogP contribution >= 0.6 is 11.8 Å². The van der Waals surface area contributed by atoms with E-state index in [1.807, 2.05) is 30.0 Å². The molecule has 0 bridgehead atoms. The van der Waals surface area contributed by atoms with Gasteiger partial charge in [-0.3, -0.25) is 0 Å². The lowest BCUT2D eigenvalue weighted by molar-refractivity contribution is -0.0250. The largest absolute Gasteiger partial charge is 0.496 e. The number of rotatable bonds is 7. The van der Waals surface area contributed by atoms with E-state index in [1.54, 1.807) is 7.11 Å². The fourth-order valence-corrected chi connectivity index (χ4v) is 3.90. The highest BCUT2D eigenvalue weighted by Gasteiger charge is 2.45. The second-order valence-corrected chi connectivity index (χ2v) is 6.91. The number of hydrogen-bond acceptors (Lipinski definition) is 4. The molecule has 20 heavy (non-hydrogen) atoms. The lowest BCUT2D eigenvalue weighted by atomic mass is 9.79. The molecule has 1 aromatic carbocycles. The van der Waals surface area contributed by atoms with Crippen LogP contribution in [0.5, 0.6) is 5.75 Å². The monoisotopic (exact) mass is 295 g/mol. The van der Waals surface area contributed by atoms with Gasteiger partial charge in [-0.15, -0.1) is 0 Å². The first-order valence-corrected chi connectivity index (χ1v) is 8.36. The first-order chi connectivity index (χ1) is 9.60. The molecule has 0 spiro atoms. The van der Waals surface area contributed by atoms with Crippen molar-refractivity contribution in [1.29, 1.82) is 0 Å². The maximum Gasteiger partial charge on any atom is 0.123 e. The number of methoxy groups -OCH3 is 1. The van der Waals surface area contributed by atoms with Crippen LogP contribution in [0.15, 0.2) is 24.3 Å². The predicted molar refractivity (Wildman–Crippen MR) is 85.5 cm³/mol. The van der Waals surface area contributed by atoms with Crippen molar-refractivity contribution < 1.29 is 9.84 Å². The Morgan fingerprint density at radius 1 is 1.50 bits per heavy atom. The summed E-state index contributed by atoms with van der Waals surface area (Å²) in [6.07, 6.45) is 2.02. The van der Waals surface area contributed by atoms with Crippen LogP contribution in [0.2, 0.25) is 0 Å². The van der Waals surface area contributed by atoms with Gasteiger partial charge in [-0.05, 0) is 31.6 Å². The van der Waals surface area contributed by atoms with Crippen LogP contribution in [-0.4, -0.2) is 35.4 Å². The third-order valence-corrected chi connectivity index (χ3v) is 5.54. The molecule has 0 heterocycles. The van der Waals surface area contributed by atoms with Gasteiger partial charge in [0.05, 0.1) is 12.7 Å². The quantitative estimate of drug-likeness (QED) is 0.811. The van der Waals surface area contributed by atoms with E-state index in [-0.39, 0.29) is 6.04 Å². The summed E-state index contributed by atoms with van der Waals surface area (Å²) in [5, 5.41) is 14.4. The van der Waals surface area contributed by atoms with E-state index in [9.17, 15) is 5.11 Å². The van der Waals surface area contributed by atoms with Crippen LogP contribution in [-0.2, 0) is 0 Å². The minimum Gasteiger partial charge on any atom is -0.496 e. The maximum atomic E-state index is 10.6. The molecule has 0 amide bonds. The Morgan fingerprint density at radius 2 is 2.25 bits per heavy atom. The van der Waals surface area contributed by atoms with Gasteiger partial charge in [0.15, 0.2) is 0 Å². The molecule has 2 rings (SSSR count). The highest BCUT2D eigenvalue weighted by molar-refractivity contribution is 8.00. The second kappa shape index (κ2) is 6.83. The van der Waals surface area contributed by atoms with E-state index in [1.165, 1.54) is 0 Å². The Morgan fingerprint density at radius 3 is 2.85 bits per heavy atom. The summed E-state index contributed by atoms with van der Waals surface area (Å²) in [6.45, 7) is 4.90. The van der Waals surface area contributed by atoms with Crippen molar-refractivity contribution in [2.45, 2.75) is 43.6 Å². The van der Waals surface area contributed by atoms with Gasteiger partial charge in [0.2, 0.25) is 0 Å². The normalized spacial score (nSPS) is 26.9. The maximum absolute atomic E-state index is 10.6. The van der Waals surface area contributed by atoms with Crippen molar-refractivity contribution in [2.24, 2.45) is 0 Å². The molecule has 0 radical (unpaired) electrons. The van der Waals surface area contributed by atoms with Crippen LogP contribution in [0.3, 0.4) is 0 Å². The smallest absolute Gasteiger partial charge is 0.123 e. The summed E-state index contributed by atoms with van der Waals surface area (Å²) in [4.78, 5) is 0. The van der Waals surface area contributed by atoms with Crippen molar-refractivity contribution >= 4 is 11.8 Å². The number of para-hydroxylation sites is 1. The van der Waals surface area contributed by atoms with E-state index in [4.69, 9.17) is 4.74 Å². The van der Waals surface area contributed by atoms with Gasteiger partial charge in [0.1, 0.15) is 5.75 Å². The third kappa shape index (κ3) is 3.30. The van der Waals surface area contributed by atoms with E-state index in [0.29, 0.717) is 11.8 Å². The Labute approximate surface area is 126 Å². The molecule has 1 aromatic rings. The van der Waals surface area contributed by atoms with Gasteiger partial charge in [0, 0.05) is 23.4 Å². The summed E-state index contributed by atoms with van der Waals surface area (Å²) >= 11 is 1.87. The molecule has 112 valence electrons. The van der Waals surface area contributed by atoms with E-state index >= 15 is 0 Å². The van der Waals surface area contributed by atoms with Crippen molar-refractivity contribution in [3.05, 3.63) is 29.8 Å². The van der Waals surface area contributed by atoms with Gasteiger partial charge in [-0.1, -0.05) is 25.1 Å². The van der Waals surface area contributed by atoms with Gasteiger partial charge in [-0.2, -0.15) is 11.8 Å². The number of nitrogens with one attached hydrogen (secondary N) is 1.